The fourth-order valence-electron chi connectivity index (χ4n) is 2.84. The molecule has 1 aromatic rings. The van der Waals surface area contributed by atoms with Gasteiger partial charge >= 0.3 is 0 Å². The first-order chi connectivity index (χ1) is 11.6. The molecular formula is C17H24N2O5. The van der Waals surface area contributed by atoms with Crippen molar-refractivity contribution in [2.24, 2.45) is 0 Å². The Morgan fingerprint density at radius 1 is 1.33 bits per heavy atom. The molecule has 132 valence electrons. The third-order valence-electron chi connectivity index (χ3n) is 4.15. The minimum Gasteiger partial charge on any atom is -0.496 e. The Morgan fingerprint density at radius 3 is 2.75 bits per heavy atom. The van der Waals surface area contributed by atoms with E-state index in [1.54, 1.807) is 0 Å². The summed E-state index contributed by atoms with van der Waals surface area (Å²) in [5, 5.41) is 13.6. The van der Waals surface area contributed by atoms with Crippen LogP contribution in [0.4, 0.5) is 5.69 Å². The highest BCUT2D eigenvalue weighted by molar-refractivity contribution is 5.97. The maximum Gasteiger partial charge on any atom is 0.270 e. The second kappa shape index (κ2) is 9.22. The van der Waals surface area contributed by atoms with Crippen molar-refractivity contribution in [3.8, 4) is 5.75 Å². The molecule has 0 spiro atoms. The number of benzene rings is 1. The SMILES string of the molecule is COc1ccc([N+](=O)[O-])cc1C(=O)NCCCOC1CCCCC1. The van der Waals surface area contributed by atoms with Crippen LogP contribution in [-0.4, -0.2) is 37.2 Å². The summed E-state index contributed by atoms with van der Waals surface area (Å²) in [6, 6.07) is 3.97. The summed E-state index contributed by atoms with van der Waals surface area (Å²) in [7, 11) is 1.43. The number of hydrogen-bond donors (Lipinski definition) is 1. The number of nitro benzene ring substituents is 1. The van der Waals surface area contributed by atoms with Crippen molar-refractivity contribution in [3.05, 3.63) is 33.9 Å². The molecule has 0 atom stereocenters. The van der Waals surface area contributed by atoms with E-state index in [1.165, 1.54) is 44.6 Å². The van der Waals surface area contributed by atoms with Crippen molar-refractivity contribution >= 4 is 11.6 Å². The summed E-state index contributed by atoms with van der Waals surface area (Å²) in [6.45, 7) is 1.06. The molecule has 1 saturated carbocycles. The van der Waals surface area contributed by atoms with E-state index in [0.29, 0.717) is 31.4 Å². The van der Waals surface area contributed by atoms with E-state index in [2.05, 4.69) is 5.32 Å². The molecule has 1 aliphatic carbocycles. The van der Waals surface area contributed by atoms with Gasteiger partial charge in [0, 0.05) is 25.3 Å². The van der Waals surface area contributed by atoms with Gasteiger partial charge in [0.15, 0.2) is 0 Å². The van der Waals surface area contributed by atoms with Crippen LogP contribution in [0.1, 0.15) is 48.9 Å². The van der Waals surface area contributed by atoms with Crippen molar-refractivity contribution < 1.29 is 19.2 Å². The third-order valence-corrected chi connectivity index (χ3v) is 4.15. The summed E-state index contributed by atoms with van der Waals surface area (Å²) in [5.74, 6) is -0.0650. The number of methoxy groups -OCH3 is 1. The fourth-order valence-corrected chi connectivity index (χ4v) is 2.84. The second-order valence-electron chi connectivity index (χ2n) is 5.88. The van der Waals surface area contributed by atoms with Crippen molar-refractivity contribution in [2.45, 2.75) is 44.6 Å². The molecule has 24 heavy (non-hydrogen) atoms. The van der Waals surface area contributed by atoms with Gasteiger partial charge in [0.2, 0.25) is 0 Å². The van der Waals surface area contributed by atoms with Gasteiger partial charge in [-0.05, 0) is 25.3 Å². The second-order valence-corrected chi connectivity index (χ2v) is 5.88. The summed E-state index contributed by atoms with van der Waals surface area (Å²) in [5.41, 5.74) is 0.0291. The van der Waals surface area contributed by atoms with E-state index in [4.69, 9.17) is 9.47 Å². The Bertz CT molecular complexity index is 570. The highest BCUT2D eigenvalue weighted by atomic mass is 16.6. The van der Waals surface area contributed by atoms with Crippen molar-refractivity contribution in [3.63, 3.8) is 0 Å². The number of hydrogen-bond acceptors (Lipinski definition) is 5. The lowest BCUT2D eigenvalue weighted by Crippen LogP contribution is -2.26. The molecule has 0 aliphatic heterocycles. The largest absolute Gasteiger partial charge is 0.496 e. The van der Waals surface area contributed by atoms with Crippen LogP contribution in [0.15, 0.2) is 18.2 Å². The van der Waals surface area contributed by atoms with Crippen molar-refractivity contribution in [2.75, 3.05) is 20.3 Å². The van der Waals surface area contributed by atoms with Crippen LogP contribution in [0, 0.1) is 10.1 Å². The van der Waals surface area contributed by atoms with Gasteiger partial charge in [-0.1, -0.05) is 19.3 Å². The number of non-ortho nitro benzene ring substituents is 1. The molecule has 1 N–H and O–H groups in total. The van der Waals surface area contributed by atoms with Gasteiger partial charge in [-0.25, -0.2) is 0 Å². The predicted molar refractivity (Wildman–Crippen MR) is 89.4 cm³/mol. The molecule has 2 rings (SSSR count). The van der Waals surface area contributed by atoms with Gasteiger partial charge in [0.05, 0.1) is 23.7 Å². The maximum atomic E-state index is 12.2. The molecule has 0 heterocycles. The lowest BCUT2D eigenvalue weighted by atomic mass is 9.98. The monoisotopic (exact) mass is 336 g/mol. The highest BCUT2D eigenvalue weighted by Crippen LogP contribution is 2.24. The maximum absolute atomic E-state index is 12.2. The van der Waals surface area contributed by atoms with Crippen LogP contribution in [-0.2, 0) is 4.74 Å². The lowest BCUT2D eigenvalue weighted by Gasteiger charge is -2.21. The number of carbonyl (C=O) groups is 1. The number of ether oxygens (including phenoxy) is 2. The van der Waals surface area contributed by atoms with Crippen LogP contribution >= 0.6 is 0 Å². The Kier molecular flexibility index (Phi) is 6.99. The summed E-state index contributed by atoms with van der Waals surface area (Å²) in [6.07, 6.45) is 7.06. The van der Waals surface area contributed by atoms with Gasteiger partial charge in [-0.3, -0.25) is 14.9 Å². The number of carbonyl (C=O) groups excluding carboxylic acids is 1. The first-order valence-electron chi connectivity index (χ1n) is 8.34. The van der Waals surface area contributed by atoms with E-state index in [9.17, 15) is 14.9 Å². The molecule has 1 amide bonds. The Morgan fingerprint density at radius 2 is 2.08 bits per heavy atom. The smallest absolute Gasteiger partial charge is 0.270 e. The summed E-state index contributed by atoms with van der Waals surface area (Å²) in [4.78, 5) is 22.5. The van der Waals surface area contributed by atoms with Gasteiger partial charge in [0.25, 0.3) is 11.6 Å². The van der Waals surface area contributed by atoms with E-state index in [-0.39, 0.29) is 17.2 Å². The zero-order valence-corrected chi connectivity index (χ0v) is 14.0. The van der Waals surface area contributed by atoms with Crippen LogP contribution in [0.2, 0.25) is 0 Å². The van der Waals surface area contributed by atoms with E-state index < -0.39 is 4.92 Å². The van der Waals surface area contributed by atoms with Crippen molar-refractivity contribution in [1.29, 1.82) is 0 Å². The molecule has 1 aliphatic rings. The van der Waals surface area contributed by atoms with Crippen LogP contribution < -0.4 is 10.1 Å². The number of nitro groups is 1. The van der Waals surface area contributed by atoms with Crippen molar-refractivity contribution in [1.82, 2.24) is 5.32 Å². The Labute approximate surface area is 141 Å². The number of rotatable bonds is 8. The summed E-state index contributed by atoms with van der Waals surface area (Å²) >= 11 is 0. The Hall–Kier alpha value is -2.15. The lowest BCUT2D eigenvalue weighted by molar-refractivity contribution is -0.384. The van der Waals surface area contributed by atoms with Crippen LogP contribution in [0.25, 0.3) is 0 Å². The molecule has 0 bridgehead atoms. The van der Waals surface area contributed by atoms with Crippen LogP contribution in [0.5, 0.6) is 5.75 Å². The molecule has 0 radical (unpaired) electrons. The topological polar surface area (TPSA) is 90.7 Å². The zero-order valence-electron chi connectivity index (χ0n) is 14.0. The predicted octanol–water partition coefficient (Wildman–Crippen LogP) is 3.07. The first kappa shape index (κ1) is 18.2. The molecule has 0 saturated heterocycles. The van der Waals surface area contributed by atoms with E-state index in [1.807, 2.05) is 0 Å². The summed E-state index contributed by atoms with van der Waals surface area (Å²) < 4.78 is 10.9. The third kappa shape index (κ3) is 5.19. The molecule has 7 nitrogen and oxygen atoms in total. The van der Waals surface area contributed by atoms with E-state index in [0.717, 1.165) is 12.8 Å². The average molecular weight is 336 g/mol. The molecule has 1 fully saturated rings. The van der Waals surface area contributed by atoms with Crippen LogP contribution in [0.3, 0.4) is 0 Å². The number of amides is 1. The number of nitrogens with zero attached hydrogens (tertiary/aromatic N) is 1. The van der Waals surface area contributed by atoms with Gasteiger partial charge in [0.1, 0.15) is 5.75 Å². The van der Waals surface area contributed by atoms with Gasteiger partial charge in [-0.2, -0.15) is 0 Å². The van der Waals surface area contributed by atoms with Gasteiger partial charge in [-0.15, -0.1) is 0 Å². The van der Waals surface area contributed by atoms with Gasteiger partial charge < -0.3 is 14.8 Å². The molecule has 0 unspecified atom stereocenters. The minimum atomic E-state index is -0.533. The molecule has 0 aromatic heterocycles. The Balaban J connectivity index is 1.79. The first-order valence-corrected chi connectivity index (χ1v) is 8.34. The normalized spacial score (nSPS) is 15.0. The minimum absolute atomic E-state index is 0.137. The quantitative estimate of drug-likeness (QED) is 0.447. The molecule has 1 aromatic carbocycles. The number of nitrogens with one attached hydrogen (secondary N) is 1. The standard InChI is InChI=1S/C17H24N2O5/c1-23-16-9-8-13(19(21)22)12-15(16)17(20)18-10-5-11-24-14-6-3-2-4-7-14/h8-9,12,14H,2-7,10-11H2,1H3,(H,18,20). The average Bonchev–Trinajstić information content (AvgIpc) is 2.61. The zero-order chi connectivity index (χ0) is 17.4. The molecule has 7 heteroatoms. The molecular weight excluding hydrogens is 312 g/mol. The van der Waals surface area contributed by atoms with E-state index >= 15 is 0 Å². The fraction of sp³-hybridized carbons (Fsp3) is 0.588. The highest BCUT2D eigenvalue weighted by Gasteiger charge is 2.17.